The lowest BCUT2D eigenvalue weighted by atomic mass is 10.1. The maximum Gasteiger partial charge on any atom is 0.303 e. The molecule has 0 aromatic rings. The normalized spacial score (nSPS) is 16.3. The molecule has 1 aliphatic carbocycles. The van der Waals surface area contributed by atoms with Gasteiger partial charge in [0.2, 0.25) is 0 Å². The number of nitrogens with one attached hydrogen (secondary N) is 1. The van der Waals surface area contributed by atoms with E-state index < -0.39 is 5.97 Å². The molecule has 0 amide bonds. The van der Waals surface area contributed by atoms with E-state index in [1.807, 2.05) is 7.05 Å². The van der Waals surface area contributed by atoms with Gasteiger partial charge in [-0.1, -0.05) is 24.6 Å². The second kappa shape index (κ2) is 9.97. The highest BCUT2D eigenvalue weighted by Gasteiger charge is 2.36. The first-order chi connectivity index (χ1) is 8.99. The molecular formula is C13H23NO4S. The smallest absolute Gasteiger partial charge is 0.303 e. The fourth-order valence-corrected chi connectivity index (χ4v) is 3.55. The molecule has 1 fully saturated rings. The van der Waals surface area contributed by atoms with Crippen molar-refractivity contribution < 1.29 is 19.5 Å². The standard InChI is InChI=1S/C11H19NO3S.C2H4O/c1-12-8-11(6-2-3-7-11)16-10(15)5-4-9(13)14;1-2-3/h12H,2-8H2,1H3,(H,13,14);2H,1H3. The summed E-state index contributed by atoms with van der Waals surface area (Å²) in [5, 5.41) is 11.7. The van der Waals surface area contributed by atoms with E-state index in [-0.39, 0.29) is 22.7 Å². The molecule has 1 saturated carbocycles. The number of carbonyl (C=O) groups excluding carboxylic acids is 2. The van der Waals surface area contributed by atoms with Crippen molar-refractivity contribution in [2.24, 2.45) is 0 Å². The third-order valence-electron chi connectivity index (χ3n) is 2.89. The first kappa shape index (κ1) is 18.1. The molecule has 0 spiro atoms. The van der Waals surface area contributed by atoms with Crippen LogP contribution in [0.4, 0.5) is 0 Å². The van der Waals surface area contributed by atoms with Crippen LogP contribution in [0.5, 0.6) is 0 Å². The fraction of sp³-hybridized carbons (Fsp3) is 0.769. The first-order valence-electron chi connectivity index (χ1n) is 6.47. The number of rotatable bonds is 6. The zero-order valence-electron chi connectivity index (χ0n) is 11.6. The molecule has 0 saturated heterocycles. The number of carboxylic acid groups (broad SMARTS) is 1. The van der Waals surface area contributed by atoms with Gasteiger partial charge in [0.25, 0.3) is 0 Å². The Bertz CT molecular complexity index is 301. The number of hydrogen-bond donors (Lipinski definition) is 2. The van der Waals surface area contributed by atoms with Crippen LogP contribution in [0.25, 0.3) is 0 Å². The summed E-state index contributed by atoms with van der Waals surface area (Å²) in [5.41, 5.74) is 0. The molecule has 19 heavy (non-hydrogen) atoms. The van der Waals surface area contributed by atoms with Crippen molar-refractivity contribution in [3.8, 4) is 0 Å². The third-order valence-corrected chi connectivity index (χ3v) is 4.30. The Labute approximate surface area is 118 Å². The summed E-state index contributed by atoms with van der Waals surface area (Å²) in [5.74, 6) is -0.900. The lowest BCUT2D eigenvalue weighted by Crippen LogP contribution is -2.34. The van der Waals surface area contributed by atoms with Gasteiger partial charge in [0.05, 0.1) is 6.42 Å². The van der Waals surface area contributed by atoms with E-state index in [2.05, 4.69) is 5.32 Å². The maximum atomic E-state index is 11.7. The zero-order chi connectivity index (χ0) is 14.7. The van der Waals surface area contributed by atoms with Crippen LogP contribution >= 0.6 is 11.8 Å². The van der Waals surface area contributed by atoms with Crippen molar-refractivity contribution in [2.45, 2.75) is 50.2 Å². The monoisotopic (exact) mass is 289 g/mol. The van der Waals surface area contributed by atoms with Gasteiger partial charge < -0.3 is 15.2 Å². The quantitative estimate of drug-likeness (QED) is 0.726. The predicted octanol–water partition coefficient (Wildman–Crippen LogP) is 1.85. The number of thioether (sulfide) groups is 1. The Morgan fingerprint density at radius 2 is 1.84 bits per heavy atom. The zero-order valence-corrected chi connectivity index (χ0v) is 12.4. The topological polar surface area (TPSA) is 83.5 Å². The van der Waals surface area contributed by atoms with Crippen molar-refractivity contribution in [1.82, 2.24) is 5.32 Å². The first-order valence-corrected chi connectivity index (χ1v) is 7.29. The van der Waals surface area contributed by atoms with Gasteiger partial charge in [-0.15, -0.1) is 0 Å². The summed E-state index contributed by atoms with van der Waals surface area (Å²) in [6.45, 7) is 2.27. The molecule has 0 atom stereocenters. The van der Waals surface area contributed by atoms with Crippen LogP contribution in [0.2, 0.25) is 0 Å². The second-order valence-corrected chi connectivity index (χ2v) is 6.05. The summed E-state index contributed by atoms with van der Waals surface area (Å²) in [6, 6.07) is 0. The Kier molecular flexibility index (Phi) is 9.51. The van der Waals surface area contributed by atoms with Gasteiger partial charge in [0.15, 0.2) is 5.12 Å². The Hall–Kier alpha value is -0.880. The molecular weight excluding hydrogens is 266 g/mol. The maximum absolute atomic E-state index is 11.7. The van der Waals surface area contributed by atoms with E-state index in [9.17, 15) is 9.59 Å². The molecule has 2 N–H and O–H groups in total. The van der Waals surface area contributed by atoms with Gasteiger partial charge in [-0.25, -0.2) is 0 Å². The van der Waals surface area contributed by atoms with Crippen LogP contribution in [-0.4, -0.2) is 40.8 Å². The SMILES string of the molecule is CC=O.CNCC1(SC(=O)CCC(=O)O)CCCC1. The van der Waals surface area contributed by atoms with Crippen LogP contribution in [0.1, 0.15) is 45.4 Å². The van der Waals surface area contributed by atoms with Gasteiger partial charge in [-0.3, -0.25) is 9.59 Å². The molecule has 6 heteroatoms. The van der Waals surface area contributed by atoms with Crippen molar-refractivity contribution in [3.63, 3.8) is 0 Å². The number of carboxylic acids is 1. The average Bonchev–Trinajstić information content (AvgIpc) is 2.76. The molecule has 0 heterocycles. The highest BCUT2D eigenvalue weighted by atomic mass is 32.2. The minimum absolute atomic E-state index is 0.0135. The van der Waals surface area contributed by atoms with Gasteiger partial charge in [0.1, 0.15) is 6.29 Å². The van der Waals surface area contributed by atoms with Gasteiger partial charge in [-0.05, 0) is 26.8 Å². The van der Waals surface area contributed by atoms with E-state index in [4.69, 9.17) is 9.90 Å². The highest BCUT2D eigenvalue weighted by Crippen LogP contribution is 2.41. The number of hydrogen-bond acceptors (Lipinski definition) is 5. The Morgan fingerprint density at radius 1 is 1.32 bits per heavy atom. The van der Waals surface area contributed by atoms with Gasteiger partial charge in [-0.2, -0.15) is 0 Å². The summed E-state index contributed by atoms with van der Waals surface area (Å²) in [4.78, 5) is 30.8. The van der Waals surface area contributed by atoms with Crippen molar-refractivity contribution in [1.29, 1.82) is 0 Å². The van der Waals surface area contributed by atoms with Crippen molar-refractivity contribution >= 4 is 29.1 Å². The van der Waals surface area contributed by atoms with Crippen molar-refractivity contribution in [3.05, 3.63) is 0 Å². The van der Waals surface area contributed by atoms with E-state index in [1.165, 1.54) is 31.5 Å². The molecule has 0 aliphatic heterocycles. The molecule has 0 radical (unpaired) electrons. The van der Waals surface area contributed by atoms with Crippen LogP contribution in [0.15, 0.2) is 0 Å². The van der Waals surface area contributed by atoms with Gasteiger partial charge >= 0.3 is 5.97 Å². The molecule has 0 aromatic heterocycles. The van der Waals surface area contributed by atoms with E-state index in [0.717, 1.165) is 25.7 Å². The second-order valence-electron chi connectivity index (χ2n) is 4.52. The van der Waals surface area contributed by atoms with Crippen LogP contribution in [0.3, 0.4) is 0 Å². The lowest BCUT2D eigenvalue weighted by molar-refractivity contribution is -0.138. The summed E-state index contributed by atoms with van der Waals surface area (Å²) >= 11 is 1.36. The van der Waals surface area contributed by atoms with Crippen LogP contribution < -0.4 is 5.32 Å². The molecule has 0 unspecified atom stereocenters. The molecule has 1 aliphatic rings. The van der Waals surface area contributed by atoms with E-state index in [1.54, 1.807) is 0 Å². The highest BCUT2D eigenvalue weighted by molar-refractivity contribution is 8.14. The molecule has 0 bridgehead atoms. The molecule has 1 rings (SSSR count). The van der Waals surface area contributed by atoms with Gasteiger partial charge in [0, 0.05) is 17.7 Å². The van der Waals surface area contributed by atoms with E-state index >= 15 is 0 Å². The minimum Gasteiger partial charge on any atom is -0.481 e. The van der Waals surface area contributed by atoms with Crippen LogP contribution in [-0.2, 0) is 14.4 Å². The minimum atomic E-state index is -0.900. The number of carbonyl (C=O) groups is 3. The molecule has 0 aromatic carbocycles. The fourth-order valence-electron chi connectivity index (χ4n) is 2.16. The lowest BCUT2D eigenvalue weighted by Gasteiger charge is -2.26. The third kappa shape index (κ3) is 8.00. The van der Waals surface area contributed by atoms with Crippen LogP contribution in [0, 0.1) is 0 Å². The Balaban J connectivity index is 0.000000982. The predicted molar refractivity (Wildman–Crippen MR) is 76.3 cm³/mol. The van der Waals surface area contributed by atoms with E-state index in [0.29, 0.717) is 0 Å². The average molecular weight is 289 g/mol. The molecule has 5 nitrogen and oxygen atoms in total. The number of aliphatic carboxylic acids is 1. The Morgan fingerprint density at radius 3 is 2.26 bits per heavy atom. The largest absolute Gasteiger partial charge is 0.481 e. The number of aldehydes is 1. The summed E-state index contributed by atoms with van der Waals surface area (Å²) in [6.07, 6.45) is 5.28. The van der Waals surface area contributed by atoms with Crippen molar-refractivity contribution in [2.75, 3.05) is 13.6 Å². The summed E-state index contributed by atoms with van der Waals surface area (Å²) < 4.78 is 0.0182. The molecule has 110 valence electrons. The summed E-state index contributed by atoms with van der Waals surface area (Å²) in [7, 11) is 1.89.